The van der Waals surface area contributed by atoms with Gasteiger partial charge in [-0.05, 0) is 38.4 Å². The van der Waals surface area contributed by atoms with Gasteiger partial charge in [0.2, 0.25) is 12.6 Å². The van der Waals surface area contributed by atoms with Crippen molar-refractivity contribution in [1.29, 1.82) is 5.26 Å². The zero-order chi connectivity index (χ0) is 31.2. The number of nitriles is 1. The monoisotopic (exact) mass is 621 g/mol. The third kappa shape index (κ3) is 3.87. The molecule has 0 spiro atoms. The summed E-state index contributed by atoms with van der Waals surface area (Å²) >= 11 is 1.22. The number of fused-ring (bicyclic) bond motifs is 9. The molecule has 12 nitrogen and oxygen atoms in total. The number of carbonyl (C=O) groups is 3. The first-order valence-electron chi connectivity index (χ1n) is 14.3. The van der Waals surface area contributed by atoms with Gasteiger partial charge in [0.15, 0.2) is 23.0 Å². The van der Waals surface area contributed by atoms with Crippen LogP contribution in [0.2, 0.25) is 0 Å². The predicted molar refractivity (Wildman–Crippen MR) is 155 cm³/mol. The summed E-state index contributed by atoms with van der Waals surface area (Å²) in [7, 11) is 3.45. The van der Waals surface area contributed by atoms with Crippen LogP contribution < -0.4 is 18.9 Å². The molecule has 0 radical (unpaired) electrons. The molecule has 44 heavy (non-hydrogen) atoms. The molecule has 0 saturated carbocycles. The number of methoxy groups -OCH3 is 1. The highest BCUT2D eigenvalue weighted by atomic mass is 32.2. The van der Waals surface area contributed by atoms with Gasteiger partial charge < -0.3 is 28.8 Å². The quantitative estimate of drug-likeness (QED) is 0.298. The first-order chi connectivity index (χ1) is 21.1. The third-order valence-corrected chi connectivity index (χ3v) is 10.8. The molecule has 4 bridgehead atoms. The second kappa shape index (κ2) is 10.3. The zero-order valence-electron chi connectivity index (χ0n) is 24.8. The molecule has 0 aromatic heterocycles. The number of ketones is 1. The maximum atomic E-state index is 12.9. The van der Waals surface area contributed by atoms with Crippen molar-refractivity contribution in [3.63, 3.8) is 0 Å². The number of carbonyl (C=O) groups excluding carboxylic acids is 3. The molecular weight excluding hydrogens is 590 g/mol. The van der Waals surface area contributed by atoms with Crippen LogP contribution in [-0.2, 0) is 25.5 Å². The van der Waals surface area contributed by atoms with Gasteiger partial charge in [0.05, 0.1) is 36.3 Å². The molecule has 5 heterocycles. The Balaban J connectivity index is 1.57. The average molecular weight is 622 g/mol. The van der Waals surface area contributed by atoms with Crippen LogP contribution >= 0.6 is 11.8 Å². The summed E-state index contributed by atoms with van der Waals surface area (Å²) in [5.41, 5.74) is 4.16. The number of benzene rings is 2. The number of esters is 2. The van der Waals surface area contributed by atoms with Crippen molar-refractivity contribution in [3.8, 4) is 34.8 Å². The van der Waals surface area contributed by atoms with Crippen LogP contribution in [0.15, 0.2) is 6.07 Å². The van der Waals surface area contributed by atoms with Crippen LogP contribution in [0, 0.1) is 25.2 Å². The number of hydrogen-bond donors (Lipinski definition) is 1. The van der Waals surface area contributed by atoms with E-state index in [-0.39, 0.29) is 30.9 Å². The Morgan fingerprint density at radius 3 is 2.59 bits per heavy atom. The molecule has 13 heteroatoms. The highest BCUT2D eigenvalue weighted by Gasteiger charge is 2.60. The van der Waals surface area contributed by atoms with Gasteiger partial charge in [0.1, 0.15) is 18.4 Å². The number of thioether (sulfide) groups is 1. The fourth-order valence-corrected chi connectivity index (χ4v) is 9.23. The molecule has 0 aliphatic carbocycles. The SMILES string of the molecule is COc1c(C)cc2c(c1O)[C@H]1C3[C@@H]4SCC(=O)C(=O)OC[C@@H](c5c6c(c(C)c(OC(C)=O)c54)OCO6)N3[C@@H](C#N)[C@@H](C2)N1C. The number of rotatable bonds is 2. The number of aryl methyl sites for hydroxylation is 1. The molecule has 2 fully saturated rings. The van der Waals surface area contributed by atoms with E-state index in [0.717, 1.165) is 11.1 Å². The van der Waals surface area contributed by atoms with Crippen molar-refractivity contribution in [2.45, 2.75) is 62.7 Å². The molecule has 2 saturated heterocycles. The Bertz CT molecular complexity index is 1690. The van der Waals surface area contributed by atoms with E-state index in [9.17, 15) is 24.8 Å². The predicted octanol–water partition coefficient (Wildman–Crippen LogP) is 2.80. The number of phenolic OH excluding ortho intramolecular Hbond substituents is 1. The van der Waals surface area contributed by atoms with E-state index in [0.29, 0.717) is 51.7 Å². The van der Waals surface area contributed by atoms with E-state index < -0.39 is 47.1 Å². The summed E-state index contributed by atoms with van der Waals surface area (Å²) in [6.07, 6.45) is 0.488. The molecule has 2 aromatic carbocycles. The molecule has 5 aliphatic rings. The summed E-state index contributed by atoms with van der Waals surface area (Å²) < 4.78 is 29.0. The largest absolute Gasteiger partial charge is 0.504 e. The lowest BCUT2D eigenvalue weighted by Gasteiger charge is -2.61. The summed E-state index contributed by atoms with van der Waals surface area (Å²) in [5, 5.41) is 21.9. The number of Topliss-reactive ketones (excluding diaryl/α,β-unsaturated/α-hetero) is 1. The molecule has 7 rings (SSSR count). The first-order valence-corrected chi connectivity index (χ1v) is 15.4. The van der Waals surface area contributed by atoms with Crippen molar-refractivity contribution >= 4 is 29.5 Å². The maximum absolute atomic E-state index is 12.9. The molecule has 6 atom stereocenters. The summed E-state index contributed by atoms with van der Waals surface area (Å²) in [4.78, 5) is 42.3. The van der Waals surface area contributed by atoms with Crippen molar-refractivity contribution in [2.24, 2.45) is 0 Å². The molecule has 1 unspecified atom stereocenters. The summed E-state index contributed by atoms with van der Waals surface area (Å²) in [6.45, 7) is 4.65. The van der Waals surface area contributed by atoms with Crippen LogP contribution in [0.4, 0.5) is 0 Å². The zero-order valence-corrected chi connectivity index (χ0v) is 25.6. The minimum absolute atomic E-state index is 0.0240. The lowest BCUT2D eigenvalue weighted by atomic mass is 9.71. The van der Waals surface area contributed by atoms with Crippen molar-refractivity contribution in [2.75, 3.05) is 33.3 Å². The minimum Gasteiger partial charge on any atom is -0.504 e. The van der Waals surface area contributed by atoms with Crippen LogP contribution in [-0.4, -0.2) is 84.1 Å². The number of cyclic esters (lactones) is 1. The molecule has 230 valence electrons. The fraction of sp³-hybridized carbons (Fsp3) is 0.484. The van der Waals surface area contributed by atoms with Gasteiger partial charge in [-0.1, -0.05) is 6.07 Å². The number of hydrogen-bond acceptors (Lipinski definition) is 13. The fourth-order valence-electron chi connectivity index (χ4n) is 7.90. The van der Waals surface area contributed by atoms with Gasteiger partial charge in [-0.25, -0.2) is 4.79 Å². The van der Waals surface area contributed by atoms with Gasteiger partial charge in [0, 0.05) is 41.3 Å². The lowest BCUT2D eigenvalue weighted by molar-refractivity contribution is -0.157. The highest BCUT2D eigenvalue weighted by molar-refractivity contribution is 8.00. The second-order valence-corrected chi connectivity index (χ2v) is 12.9. The van der Waals surface area contributed by atoms with Crippen molar-refractivity contribution in [3.05, 3.63) is 39.4 Å². The lowest BCUT2D eigenvalue weighted by Crippen LogP contribution is -2.69. The summed E-state index contributed by atoms with van der Waals surface area (Å²) in [5.74, 6) is -0.855. The van der Waals surface area contributed by atoms with E-state index in [1.54, 1.807) is 6.92 Å². The molecule has 5 aliphatic heterocycles. The Kier molecular flexibility index (Phi) is 6.73. The van der Waals surface area contributed by atoms with Crippen molar-refractivity contribution < 1.29 is 43.2 Å². The molecule has 2 aromatic rings. The number of likely N-dealkylation sites (N-methyl/N-ethyl adjacent to an activating group) is 1. The number of piperazine rings is 1. The number of aromatic hydroxyl groups is 1. The van der Waals surface area contributed by atoms with Gasteiger partial charge in [-0.3, -0.25) is 19.4 Å². The normalized spacial score (nSPS) is 28.7. The van der Waals surface area contributed by atoms with Crippen LogP contribution in [0.5, 0.6) is 28.7 Å². The number of phenols is 1. The Morgan fingerprint density at radius 2 is 1.89 bits per heavy atom. The smallest absolute Gasteiger partial charge is 0.375 e. The van der Waals surface area contributed by atoms with Crippen LogP contribution in [0.1, 0.15) is 57.6 Å². The van der Waals surface area contributed by atoms with Crippen LogP contribution in [0.3, 0.4) is 0 Å². The average Bonchev–Trinajstić information content (AvgIpc) is 3.47. The number of ether oxygens (including phenoxy) is 5. The van der Waals surface area contributed by atoms with Gasteiger partial charge >= 0.3 is 11.9 Å². The van der Waals surface area contributed by atoms with E-state index in [1.165, 1.54) is 25.8 Å². The molecular formula is C31H31N3O9S. The second-order valence-electron chi connectivity index (χ2n) is 11.8. The van der Waals surface area contributed by atoms with Crippen molar-refractivity contribution in [1.82, 2.24) is 9.80 Å². The van der Waals surface area contributed by atoms with E-state index in [4.69, 9.17) is 23.7 Å². The first kappa shape index (κ1) is 28.8. The standard InChI is InChI=1S/C31H31N3O9S/c1-12-6-15-7-16-17(8-32)34-18-9-40-31(38)19(36)10-44-30(24(34)23(33(16)4)20(15)25(37)26(12)39-5)22-21(18)29-28(41-11-42-29)13(2)27(22)43-14(3)35/h6,16-18,23-24,30,37H,7,9-11H2,1-5H3/t16-,17+,18+,23+,24?,30-/m1/s1. The maximum Gasteiger partial charge on any atom is 0.375 e. The van der Waals surface area contributed by atoms with E-state index in [1.807, 2.05) is 20.0 Å². The van der Waals surface area contributed by atoms with Gasteiger partial charge in [-0.2, -0.15) is 5.26 Å². The molecule has 1 N–H and O–H groups in total. The Morgan fingerprint density at radius 1 is 1.14 bits per heavy atom. The van der Waals surface area contributed by atoms with Gasteiger partial charge in [-0.15, -0.1) is 11.8 Å². The minimum atomic E-state index is -0.949. The Hall–Kier alpha value is -3.99. The number of nitrogens with zero attached hydrogens (tertiary/aromatic N) is 3. The van der Waals surface area contributed by atoms with Crippen LogP contribution in [0.25, 0.3) is 0 Å². The highest BCUT2D eigenvalue weighted by Crippen LogP contribution is 2.63. The topological polar surface area (TPSA) is 148 Å². The molecule has 0 amide bonds. The van der Waals surface area contributed by atoms with Gasteiger partial charge in [0.25, 0.3) is 0 Å². The van der Waals surface area contributed by atoms with E-state index in [2.05, 4.69) is 15.9 Å². The van der Waals surface area contributed by atoms with E-state index >= 15 is 0 Å². The third-order valence-electron chi connectivity index (χ3n) is 9.54. The Labute approximate surface area is 257 Å². The summed E-state index contributed by atoms with van der Waals surface area (Å²) in [6, 6.07) is 1.81.